The summed E-state index contributed by atoms with van der Waals surface area (Å²) < 4.78 is 0. The number of nitrogens with zero attached hydrogens (tertiary/aromatic N) is 1. The molecule has 2 aliphatic rings. The van der Waals surface area contributed by atoms with Gasteiger partial charge in [-0.05, 0) is 44.1 Å². The van der Waals surface area contributed by atoms with E-state index < -0.39 is 0 Å². The van der Waals surface area contributed by atoms with Gasteiger partial charge in [-0.25, -0.2) is 0 Å². The molecule has 0 radical (unpaired) electrons. The Morgan fingerprint density at radius 2 is 1.94 bits per heavy atom. The molecular weight excluding hydrogens is 248 g/mol. The van der Waals surface area contributed by atoms with Crippen molar-refractivity contribution in [2.24, 2.45) is 5.41 Å². The summed E-state index contributed by atoms with van der Waals surface area (Å²) in [6.45, 7) is 7.56. The van der Waals surface area contributed by atoms with Crippen molar-refractivity contribution < 1.29 is 4.79 Å². The van der Waals surface area contributed by atoms with Crippen LogP contribution in [0.15, 0.2) is 0 Å². The van der Waals surface area contributed by atoms with E-state index in [2.05, 4.69) is 24.1 Å². The Morgan fingerprint density at radius 1 is 1.17 bits per heavy atom. The van der Waals surface area contributed by atoms with E-state index >= 15 is 0 Å². The number of hydrogen-bond acceptors (Lipinski definition) is 2. The van der Waals surface area contributed by atoms with Gasteiger partial charge in [0.1, 0.15) is 0 Å². The number of piperidine rings is 1. The topological polar surface area (TPSA) is 32.3 Å². The second-order valence-corrected chi connectivity index (χ2v) is 6.35. The number of halogens is 1. The molecule has 0 bridgehead atoms. The van der Waals surface area contributed by atoms with Crippen LogP contribution in [0.3, 0.4) is 0 Å². The lowest BCUT2D eigenvalue weighted by Crippen LogP contribution is -2.48. The molecule has 2 rings (SSSR count). The third-order valence-electron chi connectivity index (χ3n) is 4.26. The molecule has 2 heterocycles. The molecule has 0 saturated carbocycles. The normalized spacial score (nSPS) is 28.1. The molecule has 0 spiro atoms. The van der Waals surface area contributed by atoms with Crippen molar-refractivity contribution in [3.63, 3.8) is 0 Å². The fourth-order valence-corrected chi connectivity index (χ4v) is 2.93. The molecule has 1 amide bonds. The van der Waals surface area contributed by atoms with Gasteiger partial charge in [-0.3, -0.25) is 4.79 Å². The van der Waals surface area contributed by atoms with Gasteiger partial charge in [0.15, 0.2) is 0 Å². The van der Waals surface area contributed by atoms with Crippen LogP contribution in [0, 0.1) is 5.41 Å². The summed E-state index contributed by atoms with van der Waals surface area (Å²) in [4.78, 5) is 14.5. The van der Waals surface area contributed by atoms with Gasteiger partial charge in [0.25, 0.3) is 0 Å². The number of carbonyl (C=O) groups excluding carboxylic acids is 1. The minimum absolute atomic E-state index is 0. The highest BCUT2D eigenvalue weighted by Crippen LogP contribution is 2.30. The maximum absolute atomic E-state index is 12.4. The van der Waals surface area contributed by atoms with Gasteiger partial charge in [-0.1, -0.05) is 20.3 Å². The summed E-state index contributed by atoms with van der Waals surface area (Å²) in [7, 11) is 0. The average Bonchev–Trinajstić information content (AvgIpc) is 2.50. The summed E-state index contributed by atoms with van der Waals surface area (Å²) >= 11 is 0. The molecule has 0 aromatic carbocycles. The quantitative estimate of drug-likeness (QED) is 0.797. The van der Waals surface area contributed by atoms with Gasteiger partial charge in [0.05, 0.1) is 6.04 Å². The molecule has 1 N–H and O–H groups in total. The molecule has 2 fully saturated rings. The summed E-state index contributed by atoms with van der Waals surface area (Å²) in [5, 5.41) is 3.37. The summed E-state index contributed by atoms with van der Waals surface area (Å²) in [6, 6.07) is 0.102. The molecule has 2 saturated heterocycles. The molecule has 3 nitrogen and oxygen atoms in total. The number of likely N-dealkylation sites (tertiary alicyclic amines) is 1. The number of hydrogen-bond donors (Lipinski definition) is 1. The SMILES string of the molecule is CC1(C)CCCN(C(=O)[C@@H]2CCCCN2)CC1.Cl. The van der Waals surface area contributed by atoms with Gasteiger partial charge in [-0.15, -0.1) is 12.4 Å². The van der Waals surface area contributed by atoms with Gasteiger partial charge in [0.2, 0.25) is 5.91 Å². The molecule has 1 atom stereocenters. The van der Waals surface area contributed by atoms with Crippen molar-refractivity contribution in [1.29, 1.82) is 0 Å². The molecule has 0 unspecified atom stereocenters. The van der Waals surface area contributed by atoms with E-state index in [0.717, 1.165) is 38.9 Å². The lowest BCUT2D eigenvalue weighted by atomic mass is 9.85. The standard InChI is InChI=1S/C14H26N2O.ClH/c1-14(2)7-5-10-16(11-8-14)13(17)12-6-3-4-9-15-12;/h12,15H,3-11H2,1-2H3;1H/t12-;/m0./s1. The molecule has 0 aromatic rings. The second kappa shape index (κ2) is 6.76. The van der Waals surface area contributed by atoms with Crippen LogP contribution in [-0.2, 0) is 4.79 Å². The van der Waals surface area contributed by atoms with Gasteiger partial charge in [0, 0.05) is 13.1 Å². The molecule has 106 valence electrons. The molecular formula is C14H27ClN2O. The molecule has 0 aliphatic carbocycles. The van der Waals surface area contributed by atoms with Crippen LogP contribution >= 0.6 is 12.4 Å². The van der Waals surface area contributed by atoms with E-state index in [9.17, 15) is 4.79 Å². The zero-order chi connectivity index (χ0) is 12.3. The summed E-state index contributed by atoms with van der Waals surface area (Å²) in [6.07, 6.45) is 6.99. The monoisotopic (exact) mass is 274 g/mol. The molecule has 2 aliphatic heterocycles. The highest BCUT2D eigenvalue weighted by Gasteiger charge is 2.29. The molecule has 0 aromatic heterocycles. The van der Waals surface area contributed by atoms with Crippen molar-refractivity contribution in [2.75, 3.05) is 19.6 Å². The maximum atomic E-state index is 12.4. The lowest BCUT2D eigenvalue weighted by molar-refractivity contribution is -0.134. The highest BCUT2D eigenvalue weighted by molar-refractivity contribution is 5.85. The Bertz CT molecular complexity index is 275. The van der Waals surface area contributed by atoms with E-state index in [1.54, 1.807) is 0 Å². The predicted octanol–water partition coefficient (Wildman–Crippen LogP) is 2.59. The van der Waals surface area contributed by atoms with E-state index in [4.69, 9.17) is 0 Å². The van der Waals surface area contributed by atoms with Crippen LogP contribution in [0.5, 0.6) is 0 Å². The zero-order valence-electron chi connectivity index (χ0n) is 11.7. The number of amides is 1. The van der Waals surface area contributed by atoms with Gasteiger partial charge >= 0.3 is 0 Å². The fourth-order valence-electron chi connectivity index (χ4n) is 2.93. The second-order valence-electron chi connectivity index (χ2n) is 6.35. The van der Waals surface area contributed by atoms with Crippen molar-refractivity contribution in [3.8, 4) is 0 Å². The van der Waals surface area contributed by atoms with Crippen LogP contribution in [0.2, 0.25) is 0 Å². The summed E-state index contributed by atoms with van der Waals surface area (Å²) in [5.41, 5.74) is 0.412. The van der Waals surface area contributed by atoms with Gasteiger partial charge < -0.3 is 10.2 Å². The van der Waals surface area contributed by atoms with Crippen LogP contribution in [0.4, 0.5) is 0 Å². The number of carbonyl (C=O) groups is 1. The Labute approximate surface area is 117 Å². The van der Waals surface area contributed by atoms with E-state index in [-0.39, 0.29) is 18.4 Å². The Morgan fingerprint density at radius 3 is 2.61 bits per heavy atom. The predicted molar refractivity (Wildman–Crippen MR) is 77.1 cm³/mol. The first-order valence-corrected chi connectivity index (χ1v) is 7.11. The Balaban J connectivity index is 0.00000162. The van der Waals surface area contributed by atoms with E-state index in [1.807, 2.05) is 0 Å². The fraction of sp³-hybridized carbons (Fsp3) is 0.929. The van der Waals surface area contributed by atoms with Crippen molar-refractivity contribution >= 4 is 18.3 Å². The third-order valence-corrected chi connectivity index (χ3v) is 4.26. The van der Waals surface area contributed by atoms with E-state index in [0.29, 0.717) is 11.3 Å². The third kappa shape index (κ3) is 4.13. The molecule has 18 heavy (non-hydrogen) atoms. The first-order chi connectivity index (χ1) is 8.08. The van der Waals surface area contributed by atoms with Crippen molar-refractivity contribution in [3.05, 3.63) is 0 Å². The highest BCUT2D eigenvalue weighted by atomic mass is 35.5. The smallest absolute Gasteiger partial charge is 0.239 e. The minimum atomic E-state index is 0. The van der Waals surface area contributed by atoms with Crippen molar-refractivity contribution in [1.82, 2.24) is 10.2 Å². The van der Waals surface area contributed by atoms with Crippen LogP contribution in [-0.4, -0.2) is 36.5 Å². The van der Waals surface area contributed by atoms with E-state index in [1.165, 1.54) is 19.3 Å². The Kier molecular flexibility index (Phi) is 5.93. The van der Waals surface area contributed by atoms with Crippen LogP contribution < -0.4 is 5.32 Å². The zero-order valence-corrected chi connectivity index (χ0v) is 12.5. The number of nitrogens with one attached hydrogen (secondary N) is 1. The minimum Gasteiger partial charge on any atom is -0.341 e. The van der Waals surface area contributed by atoms with Crippen LogP contribution in [0.1, 0.15) is 52.4 Å². The summed E-state index contributed by atoms with van der Waals surface area (Å²) in [5.74, 6) is 0.349. The Hall–Kier alpha value is -0.280. The first kappa shape index (κ1) is 15.8. The van der Waals surface area contributed by atoms with Crippen molar-refractivity contribution in [2.45, 2.75) is 58.4 Å². The lowest BCUT2D eigenvalue weighted by Gasteiger charge is -2.29. The largest absolute Gasteiger partial charge is 0.341 e. The molecule has 4 heteroatoms. The average molecular weight is 275 g/mol. The van der Waals surface area contributed by atoms with Gasteiger partial charge in [-0.2, -0.15) is 0 Å². The maximum Gasteiger partial charge on any atom is 0.239 e. The number of rotatable bonds is 1. The first-order valence-electron chi connectivity index (χ1n) is 7.11. The van der Waals surface area contributed by atoms with Crippen LogP contribution in [0.25, 0.3) is 0 Å².